The van der Waals surface area contributed by atoms with Crippen LogP contribution in [-0.4, -0.2) is 32.1 Å². The van der Waals surface area contributed by atoms with Crippen LogP contribution in [0.1, 0.15) is 25.3 Å². The Morgan fingerprint density at radius 2 is 1.81 bits per heavy atom. The Balaban J connectivity index is 2.33. The largest absolute Gasteiger partial charge is 0.492 e. The van der Waals surface area contributed by atoms with Crippen LogP contribution in [0.3, 0.4) is 0 Å². The molecule has 1 aromatic carbocycles. The SMILES string of the molecule is CCCCc1ccc(OCCN(C)C)cc1. The normalized spacial score (nSPS) is 10.8. The lowest BCUT2D eigenvalue weighted by Crippen LogP contribution is -2.19. The third-order valence-corrected chi connectivity index (χ3v) is 2.55. The molecule has 0 aliphatic carbocycles. The fourth-order valence-electron chi connectivity index (χ4n) is 1.48. The summed E-state index contributed by atoms with van der Waals surface area (Å²) in [6, 6.07) is 8.47. The Morgan fingerprint density at radius 1 is 1.12 bits per heavy atom. The molecule has 2 heteroatoms. The molecule has 0 aliphatic heterocycles. The molecule has 0 heterocycles. The van der Waals surface area contributed by atoms with E-state index in [-0.39, 0.29) is 0 Å². The van der Waals surface area contributed by atoms with E-state index in [0.717, 1.165) is 18.9 Å². The van der Waals surface area contributed by atoms with Gasteiger partial charge in [-0.25, -0.2) is 0 Å². The van der Waals surface area contributed by atoms with E-state index in [1.165, 1.54) is 24.8 Å². The zero-order valence-electron chi connectivity index (χ0n) is 10.7. The van der Waals surface area contributed by atoms with Crippen LogP contribution in [0.4, 0.5) is 0 Å². The van der Waals surface area contributed by atoms with E-state index < -0.39 is 0 Å². The van der Waals surface area contributed by atoms with Gasteiger partial charge in [0.1, 0.15) is 12.4 Å². The van der Waals surface area contributed by atoms with Crippen molar-refractivity contribution in [3.05, 3.63) is 29.8 Å². The first-order chi connectivity index (χ1) is 7.72. The summed E-state index contributed by atoms with van der Waals surface area (Å²) in [6.07, 6.45) is 3.69. The topological polar surface area (TPSA) is 12.5 Å². The number of hydrogen-bond donors (Lipinski definition) is 0. The average Bonchev–Trinajstić information content (AvgIpc) is 2.27. The molecule has 1 rings (SSSR count). The third-order valence-electron chi connectivity index (χ3n) is 2.55. The molecular formula is C14H23NO. The second-order valence-corrected chi connectivity index (χ2v) is 4.40. The molecule has 0 atom stereocenters. The van der Waals surface area contributed by atoms with Crippen molar-refractivity contribution in [2.24, 2.45) is 0 Å². The van der Waals surface area contributed by atoms with E-state index in [9.17, 15) is 0 Å². The summed E-state index contributed by atoms with van der Waals surface area (Å²) in [5, 5.41) is 0. The van der Waals surface area contributed by atoms with Crippen molar-refractivity contribution in [1.82, 2.24) is 4.90 Å². The van der Waals surface area contributed by atoms with Crippen molar-refractivity contribution >= 4 is 0 Å². The van der Waals surface area contributed by atoms with Crippen LogP contribution in [0.15, 0.2) is 24.3 Å². The molecule has 0 saturated carbocycles. The highest BCUT2D eigenvalue weighted by Gasteiger charge is 1.96. The van der Waals surface area contributed by atoms with E-state index in [1.54, 1.807) is 0 Å². The lowest BCUT2D eigenvalue weighted by molar-refractivity contribution is 0.261. The minimum absolute atomic E-state index is 0.751. The molecule has 0 fully saturated rings. The van der Waals surface area contributed by atoms with Crippen LogP contribution < -0.4 is 4.74 Å². The Labute approximate surface area is 99.2 Å². The third kappa shape index (κ3) is 5.17. The highest BCUT2D eigenvalue weighted by molar-refractivity contribution is 5.27. The highest BCUT2D eigenvalue weighted by atomic mass is 16.5. The van der Waals surface area contributed by atoms with Crippen LogP contribution >= 0.6 is 0 Å². The van der Waals surface area contributed by atoms with Crippen LogP contribution in [0, 0.1) is 0 Å². The fraction of sp³-hybridized carbons (Fsp3) is 0.571. The summed E-state index contributed by atoms with van der Waals surface area (Å²) in [4.78, 5) is 2.12. The molecule has 2 nitrogen and oxygen atoms in total. The summed E-state index contributed by atoms with van der Waals surface area (Å²) in [7, 11) is 4.11. The Kier molecular flexibility index (Phi) is 5.94. The molecule has 16 heavy (non-hydrogen) atoms. The minimum Gasteiger partial charge on any atom is -0.492 e. The van der Waals surface area contributed by atoms with Gasteiger partial charge in [0.2, 0.25) is 0 Å². The van der Waals surface area contributed by atoms with Crippen molar-refractivity contribution in [3.8, 4) is 5.75 Å². The van der Waals surface area contributed by atoms with Gasteiger partial charge in [0.15, 0.2) is 0 Å². The molecule has 0 saturated heterocycles. The zero-order chi connectivity index (χ0) is 11.8. The maximum absolute atomic E-state index is 5.63. The average molecular weight is 221 g/mol. The number of nitrogens with zero attached hydrogens (tertiary/aromatic N) is 1. The number of aryl methyl sites for hydroxylation is 1. The molecule has 0 amide bonds. The lowest BCUT2D eigenvalue weighted by atomic mass is 10.1. The van der Waals surface area contributed by atoms with Crippen LogP contribution in [0.2, 0.25) is 0 Å². The van der Waals surface area contributed by atoms with Gasteiger partial charge in [-0.15, -0.1) is 0 Å². The van der Waals surface area contributed by atoms with E-state index >= 15 is 0 Å². The number of benzene rings is 1. The molecular weight excluding hydrogens is 198 g/mol. The Morgan fingerprint density at radius 3 is 2.38 bits per heavy atom. The molecule has 0 aromatic heterocycles. The van der Waals surface area contributed by atoms with Crippen molar-refractivity contribution in [1.29, 1.82) is 0 Å². The van der Waals surface area contributed by atoms with Gasteiger partial charge in [-0.2, -0.15) is 0 Å². The quantitative estimate of drug-likeness (QED) is 0.702. The van der Waals surface area contributed by atoms with Gasteiger partial charge in [0.25, 0.3) is 0 Å². The number of unbranched alkanes of at least 4 members (excludes halogenated alkanes) is 1. The number of likely N-dealkylation sites (N-methyl/N-ethyl adjacent to an activating group) is 1. The summed E-state index contributed by atoms with van der Waals surface area (Å²) >= 11 is 0. The van der Waals surface area contributed by atoms with E-state index in [1.807, 2.05) is 0 Å². The first kappa shape index (κ1) is 13.0. The summed E-state index contributed by atoms with van der Waals surface area (Å²) < 4.78 is 5.63. The van der Waals surface area contributed by atoms with E-state index in [4.69, 9.17) is 4.74 Å². The lowest BCUT2D eigenvalue weighted by Gasteiger charge is -2.11. The van der Waals surface area contributed by atoms with Gasteiger partial charge in [-0.1, -0.05) is 25.5 Å². The van der Waals surface area contributed by atoms with Gasteiger partial charge in [0, 0.05) is 6.54 Å². The molecule has 0 N–H and O–H groups in total. The van der Waals surface area contributed by atoms with Gasteiger partial charge in [-0.05, 0) is 44.6 Å². The van der Waals surface area contributed by atoms with E-state index in [2.05, 4.69) is 50.2 Å². The zero-order valence-corrected chi connectivity index (χ0v) is 10.7. The van der Waals surface area contributed by atoms with Gasteiger partial charge >= 0.3 is 0 Å². The van der Waals surface area contributed by atoms with Gasteiger partial charge in [0.05, 0.1) is 0 Å². The number of hydrogen-bond acceptors (Lipinski definition) is 2. The van der Waals surface area contributed by atoms with Crippen molar-refractivity contribution in [2.45, 2.75) is 26.2 Å². The smallest absolute Gasteiger partial charge is 0.119 e. The summed E-state index contributed by atoms with van der Waals surface area (Å²) in [6.45, 7) is 3.93. The second-order valence-electron chi connectivity index (χ2n) is 4.40. The standard InChI is InChI=1S/C14H23NO/c1-4-5-6-13-7-9-14(10-8-13)16-12-11-15(2)3/h7-10H,4-6,11-12H2,1-3H3. The van der Waals surface area contributed by atoms with Crippen LogP contribution in [-0.2, 0) is 6.42 Å². The molecule has 0 aliphatic rings. The highest BCUT2D eigenvalue weighted by Crippen LogP contribution is 2.13. The van der Waals surface area contributed by atoms with E-state index in [0.29, 0.717) is 0 Å². The predicted octanol–water partition coefficient (Wildman–Crippen LogP) is 2.97. The molecule has 0 radical (unpaired) electrons. The maximum atomic E-state index is 5.63. The van der Waals surface area contributed by atoms with Gasteiger partial charge < -0.3 is 9.64 Å². The first-order valence-electron chi connectivity index (χ1n) is 6.09. The molecule has 0 unspecified atom stereocenters. The summed E-state index contributed by atoms with van der Waals surface area (Å²) in [5.74, 6) is 0.974. The molecule has 0 spiro atoms. The van der Waals surface area contributed by atoms with Gasteiger partial charge in [-0.3, -0.25) is 0 Å². The predicted molar refractivity (Wildman–Crippen MR) is 69.1 cm³/mol. The summed E-state index contributed by atoms with van der Waals surface area (Å²) in [5.41, 5.74) is 1.40. The molecule has 1 aromatic rings. The van der Waals surface area contributed by atoms with Crippen molar-refractivity contribution < 1.29 is 4.74 Å². The fourth-order valence-corrected chi connectivity index (χ4v) is 1.48. The van der Waals surface area contributed by atoms with Crippen LogP contribution in [0.5, 0.6) is 5.75 Å². The van der Waals surface area contributed by atoms with Crippen LogP contribution in [0.25, 0.3) is 0 Å². The molecule has 90 valence electrons. The minimum atomic E-state index is 0.751. The molecule has 0 bridgehead atoms. The first-order valence-corrected chi connectivity index (χ1v) is 6.09. The second kappa shape index (κ2) is 7.29. The number of rotatable bonds is 7. The maximum Gasteiger partial charge on any atom is 0.119 e. The number of ether oxygens (including phenoxy) is 1. The van der Waals surface area contributed by atoms with Crippen molar-refractivity contribution in [3.63, 3.8) is 0 Å². The monoisotopic (exact) mass is 221 g/mol. The Bertz CT molecular complexity index is 279. The van der Waals surface area contributed by atoms with Crippen molar-refractivity contribution in [2.75, 3.05) is 27.2 Å². The Hall–Kier alpha value is -1.02.